The second-order valence-electron chi connectivity index (χ2n) is 3.82. The number of oxazole rings is 1. The standard InChI is InChI=1S/C12H12ClN3O3/c1-2-14-7-12-15-6-11(19-12)9-4-3-8(13)5-10(9)16(17)18/h3-6,14H,2,7H2,1H3. The van der Waals surface area contributed by atoms with Crippen LogP contribution in [0.25, 0.3) is 11.3 Å². The first-order valence-electron chi connectivity index (χ1n) is 5.71. The molecule has 1 aromatic carbocycles. The third kappa shape index (κ3) is 3.10. The summed E-state index contributed by atoms with van der Waals surface area (Å²) in [6.45, 7) is 3.24. The second kappa shape index (κ2) is 5.81. The lowest BCUT2D eigenvalue weighted by Gasteiger charge is -2.00. The van der Waals surface area contributed by atoms with Gasteiger partial charge in [-0.15, -0.1) is 0 Å². The lowest BCUT2D eigenvalue weighted by molar-refractivity contribution is -0.384. The monoisotopic (exact) mass is 281 g/mol. The van der Waals surface area contributed by atoms with Gasteiger partial charge in [0, 0.05) is 11.1 Å². The van der Waals surface area contributed by atoms with E-state index >= 15 is 0 Å². The first-order chi connectivity index (χ1) is 9.11. The van der Waals surface area contributed by atoms with Crippen molar-refractivity contribution >= 4 is 17.3 Å². The van der Waals surface area contributed by atoms with Gasteiger partial charge in [0.15, 0.2) is 5.76 Å². The number of nitrogens with one attached hydrogen (secondary N) is 1. The number of nitro benzene ring substituents is 1. The van der Waals surface area contributed by atoms with E-state index in [1.165, 1.54) is 12.3 Å². The fourth-order valence-corrected chi connectivity index (χ4v) is 1.78. The van der Waals surface area contributed by atoms with E-state index < -0.39 is 4.92 Å². The maximum absolute atomic E-state index is 11.0. The average molecular weight is 282 g/mol. The Balaban J connectivity index is 2.36. The Morgan fingerprint density at radius 2 is 2.32 bits per heavy atom. The van der Waals surface area contributed by atoms with Crippen LogP contribution in [0, 0.1) is 10.1 Å². The van der Waals surface area contributed by atoms with E-state index in [-0.39, 0.29) is 5.69 Å². The molecule has 0 unspecified atom stereocenters. The predicted octanol–water partition coefficient (Wildman–Crippen LogP) is 3.01. The third-order valence-electron chi connectivity index (χ3n) is 2.50. The number of benzene rings is 1. The van der Waals surface area contributed by atoms with Crippen LogP contribution >= 0.6 is 11.6 Å². The maximum Gasteiger partial charge on any atom is 0.281 e. The van der Waals surface area contributed by atoms with Crippen LogP contribution in [-0.2, 0) is 6.54 Å². The van der Waals surface area contributed by atoms with E-state index in [1.807, 2.05) is 6.92 Å². The van der Waals surface area contributed by atoms with E-state index in [1.54, 1.807) is 12.1 Å². The van der Waals surface area contributed by atoms with Crippen molar-refractivity contribution in [1.82, 2.24) is 10.3 Å². The van der Waals surface area contributed by atoms with Crippen LogP contribution in [0.3, 0.4) is 0 Å². The van der Waals surface area contributed by atoms with Gasteiger partial charge in [-0.3, -0.25) is 10.1 Å². The number of nitrogens with zero attached hydrogens (tertiary/aromatic N) is 2. The zero-order valence-electron chi connectivity index (χ0n) is 10.2. The summed E-state index contributed by atoms with van der Waals surface area (Å²) in [7, 11) is 0. The summed E-state index contributed by atoms with van der Waals surface area (Å²) in [5, 5.41) is 14.4. The van der Waals surface area contributed by atoms with Gasteiger partial charge in [0.25, 0.3) is 5.69 Å². The first kappa shape index (κ1) is 13.5. The average Bonchev–Trinajstić information content (AvgIpc) is 2.84. The first-order valence-corrected chi connectivity index (χ1v) is 6.09. The summed E-state index contributed by atoms with van der Waals surface area (Å²) < 4.78 is 5.48. The van der Waals surface area contributed by atoms with Gasteiger partial charge in [-0.25, -0.2) is 4.98 Å². The summed E-state index contributed by atoms with van der Waals surface area (Å²) >= 11 is 5.76. The molecule has 0 atom stereocenters. The van der Waals surface area contributed by atoms with Crippen LogP contribution in [-0.4, -0.2) is 16.5 Å². The number of nitro groups is 1. The fraction of sp³-hybridized carbons (Fsp3) is 0.250. The molecule has 0 radical (unpaired) electrons. The molecule has 2 rings (SSSR count). The van der Waals surface area contributed by atoms with Crippen LogP contribution in [0.4, 0.5) is 5.69 Å². The highest BCUT2D eigenvalue weighted by Gasteiger charge is 2.19. The van der Waals surface area contributed by atoms with Crippen molar-refractivity contribution in [1.29, 1.82) is 0 Å². The van der Waals surface area contributed by atoms with E-state index in [0.29, 0.717) is 28.8 Å². The van der Waals surface area contributed by atoms with Crippen molar-refractivity contribution in [3.05, 3.63) is 45.4 Å². The van der Waals surface area contributed by atoms with Crippen molar-refractivity contribution in [2.75, 3.05) is 6.54 Å². The Kier molecular flexibility index (Phi) is 4.13. The van der Waals surface area contributed by atoms with Gasteiger partial charge in [0.2, 0.25) is 5.89 Å². The molecule has 0 aliphatic rings. The molecule has 0 spiro atoms. The molecule has 19 heavy (non-hydrogen) atoms. The minimum atomic E-state index is -0.492. The molecule has 0 fully saturated rings. The van der Waals surface area contributed by atoms with Crippen molar-refractivity contribution in [3.63, 3.8) is 0 Å². The summed E-state index contributed by atoms with van der Waals surface area (Å²) in [6.07, 6.45) is 1.48. The van der Waals surface area contributed by atoms with Crippen LogP contribution in [0.2, 0.25) is 5.02 Å². The fourth-order valence-electron chi connectivity index (χ4n) is 1.61. The number of hydrogen-bond donors (Lipinski definition) is 1. The largest absolute Gasteiger partial charge is 0.439 e. The molecule has 0 aliphatic heterocycles. The van der Waals surface area contributed by atoms with Crippen LogP contribution in [0.1, 0.15) is 12.8 Å². The maximum atomic E-state index is 11.0. The van der Waals surface area contributed by atoms with Gasteiger partial charge in [-0.1, -0.05) is 18.5 Å². The van der Waals surface area contributed by atoms with Gasteiger partial charge in [0.05, 0.1) is 23.2 Å². The normalized spacial score (nSPS) is 10.6. The molecule has 100 valence electrons. The minimum Gasteiger partial charge on any atom is -0.439 e. The summed E-state index contributed by atoms with van der Waals surface area (Å²) in [5.74, 6) is 0.845. The van der Waals surface area contributed by atoms with Crippen molar-refractivity contribution < 1.29 is 9.34 Å². The SMILES string of the molecule is CCNCc1ncc(-c2ccc(Cl)cc2[N+](=O)[O-])o1. The molecule has 0 aliphatic carbocycles. The van der Waals surface area contributed by atoms with Crippen LogP contribution in [0.5, 0.6) is 0 Å². The van der Waals surface area contributed by atoms with Crippen molar-refractivity contribution in [2.24, 2.45) is 0 Å². The van der Waals surface area contributed by atoms with E-state index in [4.69, 9.17) is 16.0 Å². The Hall–Kier alpha value is -1.92. The Bertz CT molecular complexity index is 598. The van der Waals surface area contributed by atoms with Crippen LogP contribution in [0.15, 0.2) is 28.8 Å². The number of halogens is 1. The molecule has 1 aromatic heterocycles. The van der Waals surface area contributed by atoms with E-state index in [0.717, 1.165) is 6.54 Å². The number of hydrogen-bond acceptors (Lipinski definition) is 5. The smallest absolute Gasteiger partial charge is 0.281 e. The summed E-state index contributed by atoms with van der Waals surface area (Å²) in [5.41, 5.74) is 0.267. The van der Waals surface area contributed by atoms with Crippen molar-refractivity contribution in [3.8, 4) is 11.3 Å². The second-order valence-corrected chi connectivity index (χ2v) is 4.25. The summed E-state index contributed by atoms with van der Waals surface area (Å²) in [6, 6.07) is 4.43. The lowest BCUT2D eigenvalue weighted by Crippen LogP contribution is -2.11. The van der Waals surface area contributed by atoms with Gasteiger partial charge in [-0.2, -0.15) is 0 Å². The highest BCUT2D eigenvalue weighted by Crippen LogP contribution is 2.32. The molecular formula is C12H12ClN3O3. The molecular weight excluding hydrogens is 270 g/mol. The molecule has 0 amide bonds. The highest BCUT2D eigenvalue weighted by atomic mass is 35.5. The Labute approximate surface area is 114 Å². The van der Waals surface area contributed by atoms with Gasteiger partial charge >= 0.3 is 0 Å². The molecule has 0 saturated carbocycles. The zero-order valence-corrected chi connectivity index (χ0v) is 11.0. The highest BCUT2D eigenvalue weighted by molar-refractivity contribution is 6.30. The number of aromatic nitrogens is 1. The summed E-state index contributed by atoms with van der Waals surface area (Å²) in [4.78, 5) is 14.6. The molecule has 0 bridgehead atoms. The van der Waals surface area contributed by atoms with E-state index in [2.05, 4.69) is 10.3 Å². The molecule has 6 nitrogen and oxygen atoms in total. The van der Waals surface area contributed by atoms with E-state index in [9.17, 15) is 10.1 Å². The van der Waals surface area contributed by atoms with Gasteiger partial charge < -0.3 is 9.73 Å². The minimum absolute atomic E-state index is 0.0985. The quantitative estimate of drug-likeness (QED) is 0.673. The predicted molar refractivity (Wildman–Crippen MR) is 71.0 cm³/mol. The lowest BCUT2D eigenvalue weighted by atomic mass is 10.1. The van der Waals surface area contributed by atoms with Crippen LogP contribution < -0.4 is 5.32 Å². The van der Waals surface area contributed by atoms with Crippen molar-refractivity contribution in [2.45, 2.75) is 13.5 Å². The molecule has 2 aromatic rings. The topological polar surface area (TPSA) is 81.2 Å². The Morgan fingerprint density at radius 1 is 1.53 bits per heavy atom. The third-order valence-corrected chi connectivity index (χ3v) is 2.74. The molecule has 0 saturated heterocycles. The number of rotatable bonds is 5. The van der Waals surface area contributed by atoms with Gasteiger partial charge in [-0.05, 0) is 18.7 Å². The molecule has 1 heterocycles. The molecule has 1 N–H and O–H groups in total. The molecule has 7 heteroatoms. The zero-order chi connectivity index (χ0) is 13.8. The van der Waals surface area contributed by atoms with Gasteiger partial charge in [0.1, 0.15) is 0 Å². The Morgan fingerprint density at radius 3 is 3.00 bits per heavy atom.